The summed E-state index contributed by atoms with van der Waals surface area (Å²) in [4.78, 5) is 44.9. The first-order valence-electron chi connectivity index (χ1n) is 11.6. The number of ether oxygens (including phenoxy) is 1. The minimum absolute atomic E-state index is 0.210. The second-order valence-electron chi connectivity index (χ2n) is 8.44. The van der Waals surface area contributed by atoms with Crippen molar-refractivity contribution >= 4 is 40.7 Å². The number of carbonyl (C=O) groups excluding carboxylic acids is 2. The first-order chi connectivity index (χ1) is 17.4. The lowest BCUT2D eigenvalue weighted by molar-refractivity contribution is -0.139. The Hall–Kier alpha value is -4.11. The Bertz CT molecular complexity index is 1590. The van der Waals surface area contributed by atoms with E-state index in [1.165, 1.54) is 20.9 Å². The van der Waals surface area contributed by atoms with Crippen molar-refractivity contribution < 1.29 is 14.3 Å². The Balaban J connectivity index is 1.62. The Morgan fingerprint density at radius 3 is 2.39 bits per heavy atom. The van der Waals surface area contributed by atoms with Crippen LogP contribution in [-0.4, -0.2) is 28.8 Å². The van der Waals surface area contributed by atoms with Gasteiger partial charge >= 0.3 is 5.97 Å². The fourth-order valence-corrected chi connectivity index (χ4v) is 5.49. The van der Waals surface area contributed by atoms with E-state index < -0.39 is 17.9 Å². The van der Waals surface area contributed by atoms with Gasteiger partial charge in [-0.25, -0.2) is 9.79 Å². The SMILES string of the molecule is CCOC(=O)C1=C(C)N=c2s/c(=C/[C@@H]3C(=O)N(c4ccccc4)N=C3C)c(=O)n2[C@@H]1c1ccccc1. The summed E-state index contributed by atoms with van der Waals surface area (Å²) >= 11 is 1.20. The molecule has 2 aromatic carbocycles. The van der Waals surface area contributed by atoms with E-state index in [0.717, 1.165) is 5.56 Å². The Morgan fingerprint density at radius 2 is 1.72 bits per heavy atom. The van der Waals surface area contributed by atoms with E-state index >= 15 is 0 Å². The number of rotatable bonds is 5. The van der Waals surface area contributed by atoms with Crippen LogP contribution in [0, 0.1) is 5.92 Å². The molecule has 2 aliphatic heterocycles. The van der Waals surface area contributed by atoms with Crippen LogP contribution < -0.4 is 19.9 Å². The summed E-state index contributed by atoms with van der Waals surface area (Å²) in [5.41, 5.74) is 2.54. The van der Waals surface area contributed by atoms with Crippen molar-refractivity contribution in [2.75, 3.05) is 11.6 Å². The lowest BCUT2D eigenvalue weighted by atomic mass is 9.96. The van der Waals surface area contributed by atoms with Crippen LogP contribution in [0.4, 0.5) is 5.69 Å². The zero-order valence-electron chi connectivity index (χ0n) is 20.0. The zero-order chi connectivity index (χ0) is 25.4. The third kappa shape index (κ3) is 4.01. The molecule has 9 heteroatoms. The highest BCUT2D eigenvalue weighted by Gasteiger charge is 2.35. The molecule has 8 nitrogen and oxygen atoms in total. The van der Waals surface area contributed by atoms with E-state index in [0.29, 0.717) is 32.0 Å². The number of hydrazone groups is 1. The van der Waals surface area contributed by atoms with Gasteiger partial charge in [0.1, 0.15) is 5.92 Å². The summed E-state index contributed by atoms with van der Waals surface area (Å²) in [7, 11) is 0. The van der Waals surface area contributed by atoms with Crippen molar-refractivity contribution in [2.45, 2.75) is 26.8 Å². The van der Waals surface area contributed by atoms with Crippen LogP contribution >= 0.6 is 11.3 Å². The maximum absolute atomic E-state index is 13.7. The highest BCUT2D eigenvalue weighted by molar-refractivity contribution is 7.07. The quantitative estimate of drug-likeness (QED) is 0.504. The molecular weight excluding hydrogens is 476 g/mol. The van der Waals surface area contributed by atoms with Crippen molar-refractivity contribution in [1.82, 2.24) is 4.57 Å². The number of esters is 1. The first kappa shape index (κ1) is 23.6. The lowest BCUT2D eigenvalue weighted by Crippen LogP contribution is -2.40. The number of para-hydroxylation sites is 1. The van der Waals surface area contributed by atoms with Crippen molar-refractivity contribution in [3.8, 4) is 0 Å². The summed E-state index contributed by atoms with van der Waals surface area (Å²) in [6.07, 6.45) is 1.65. The standard InChI is InChI=1S/C27H24N4O4S/c1-4-35-26(34)22-17(3)28-27-30(23(22)18-11-7-5-8-12-18)25(33)21(36-27)15-20-16(2)29-31(24(20)32)19-13-9-6-10-14-19/h5-15,20,23H,4H2,1-3H3/b21-15+/t20-,23+/m0/s1. The molecule has 0 aliphatic carbocycles. The zero-order valence-corrected chi connectivity index (χ0v) is 20.9. The molecule has 3 aromatic rings. The number of benzene rings is 2. The van der Waals surface area contributed by atoms with Gasteiger partial charge < -0.3 is 4.74 Å². The minimum atomic E-state index is -0.682. The smallest absolute Gasteiger partial charge is 0.338 e. The first-order valence-corrected chi connectivity index (χ1v) is 12.4. The molecule has 0 N–H and O–H groups in total. The molecule has 1 aromatic heterocycles. The van der Waals surface area contributed by atoms with E-state index in [1.54, 1.807) is 26.8 Å². The summed E-state index contributed by atoms with van der Waals surface area (Å²) in [5, 5.41) is 5.80. The average Bonchev–Trinajstić information content (AvgIpc) is 3.34. The number of allylic oxidation sites excluding steroid dienone is 1. The van der Waals surface area contributed by atoms with Crippen molar-refractivity contribution in [3.05, 3.63) is 97.2 Å². The number of hydrogen-bond acceptors (Lipinski definition) is 7. The normalized spacial score (nSPS) is 19.8. The van der Waals surface area contributed by atoms with Crippen LogP contribution in [0.2, 0.25) is 0 Å². The summed E-state index contributed by atoms with van der Waals surface area (Å²) in [6.45, 7) is 5.47. The van der Waals surface area contributed by atoms with Gasteiger partial charge in [-0.15, -0.1) is 0 Å². The molecule has 2 atom stereocenters. The van der Waals surface area contributed by atoms with Crippen molar-refractivity contribution in [1.29, 1.82) is 0 Å². The van der Waals surface area contributed by atoms with E-state index in [9.17, 15) is 14.4 Å². The highest BCUT2D eigenvalue weighted by atomic mass is 32.1. The molecule has 0 saturated carbocycles. The summed E-state index contributed by atoms with van der Waals surface area (Å²) < 4.78 is 7.20. The predicted octanol–water partition coefficient (Wildman–Crippen LogP) is 2.79. The molecule has 0 fully saturated rings. The monoisotopic (exact) mass is 500 g/mol. The van der Waals surface area contributed by atoms with Gasteiger partial charge in [-0.3, -0.25) is 14.2 Å². The van der Waals surface area contributed by atoms with Gasteiger partial charge in [-0.05, 0) is 44.5 Å². The maximum atomic E-state index is 13.7. The average molecular weight is 501 g/mol. The van der Waals surface area contributed by atoms with Gasteiger partial charge in [-0.2, -0.15) is 10.1 Å². The van der Waals surface area contributed by atoms with Crippen LogP contribution in [-0.2, 0) is 14.3 Å². The molecule has 0 bridgehead atoms. The van der Waals surface area contributed by atoms with Crippen LogP contribution in [0.1, 0.15) is 32.4 Å². The second-order valence-corrected chi connectivity index (χ2v) is 9.45. The van der Waals surface area contributed by atoms with Gasteiger partial charge in [-0.1, -0.05) is 59.9 Å². The molecule has 36 heavy (non-hydrogen) atoms. The van der Waals surface area contributed by atoms with Crippen LogP contribution in [0.3, 0.4) is 0 Å². The number of thiazole rings is 1. The van der Waals surface area contributed by atoms with Crippen LogP contribution in [0.5, 0.6) is 0 Å². The van der Waals surface area contributed by atoms with E-state index in [4.69, 9.17) is 4.74 Å². The molecule has 5 rings (SSSR count). The summed E-state index contributed by atoms with van der Waals surface area (Å²) in [6, 6.07) is 17.8. The number of anilines is 1. The molecule has 0 spiro atoms. The fraction of sp³-hybridized carbons (Fsp3) is 0.222. The Kier molecular flexibility index (Phi) is 6.24. The van der Waals surface area contributed by atoms with Gasteiger partial charge in [0.05, 0.1) is 39.9 Å². The molecule has 182 valence electrons. The fourth-order valence-electron chi connectivity index (χ4n) is 4.43. The lowest BCUT2D eigenvalue weighted by Gasteiger charge is -2.24. The van der Waals surface area contributed by atoms with Crippen LogP contribution in [0.15, 0.2) is 86.8 Å². The third-order valence-electron chi connectivity index (χ3n) is 6.13. The topological polar surface area (TPSA) is 93.3 Å². The number of fused-ring (bicyclic) bond motifs is 1. The molecule has 1 amide bonds. The van der Waals surface area contributed by atoms with Gasteiger partial charge in [0.25, 0.3) is 11.5 Å². The van der Waals surface area contributed by atoms with Gasteiger partial charge in [0.2, 0.25) is 0 Å². The van der Waals surface area contributed by atoms with E-state index in [-0.39, 0.29) is 18.1 Å². The van der Waals surface area contributed by atoms with Crippen molar-refractivity contribution in [2.24, 2.45) is 16.0 Å². The Morgan fingerprint density at radius 1 is 1.06 bits per heavy atom. The number of aromatic nitrogens is 1. The maximum Gasteiger partial charge on any atom is 0.338 e. The third-order valence-corrected chi connectivity index (χ3v) is 7.13. The molecular formula is C27H24N4O4S. The minimum Gasteiger partial charge on any atom is -0.463 e. The Labute approximate surface area is 211 Å². The molecule has 2 aliphatic rings. The largest absolute Gasteiger partial charge is 0.463 e. The predicted molar refractivity (Wildman–Crippen MR) is 138 cm³/mol. The number of nitrogens with zero attached hydrogens (tertiary/aromatic N) is 4. The van der Waals surface area contributed by atoms with Crippen LogP contribution in [0.25, 0.3) is 6.08 Å². The number of carbonyl (C=O) groups is 2. The highest BCUT2D eigenvalue weighted by Crippen LogP contribution is 2.30. The number of amides is 1. The molecule has 0 radical (unpaired) electrons. The second kappa shape index (κ2) is 9.50. The van der Waals surface area contributed by atoms with Gasteiger partial charge in [0.15, 0.2) is 4.80 Å². The number of hydrogen-bond donors (Lipinski definition) is 0. The van der Waals surface area contributed by atoms with Crippen molar-refractivity contribution in [3.63, 3.8) is 0 Å². The van der Waals surface area contributed by atoms with E-state index in [1.807, 2.05) is 60.7 Å². The summed E-state index contributed by atoms with van der Waals surface area (Å²) in [5.74, 6) is -1.41. The van der Waals surface area contributed by atoms with E-state index in [2.05, 4.69) is 10.1 Å². The molecule has 3 heterocycles. The molecule has 0 unspecified atom stereocenters. The van der Waals surface area contributed by atoms with Gasteiger partial charge in [0, 0.05) is 0 Å². The molecule has 0 saturated heterocycles.